The van der Waals surface area contributed by atoms with Crippen LogP contribution in [-0.4, -0.2) is 27.5 Å². The Balaban J connectivity index is 1.41. The van der Waals surface area contributed by atoms with Gasteiger partial charge in [0.15, 0.2) is 0 Å². The second kappa shape index (κ2) is 7.74. The van der Waals surface area contributed by atoms with Gasteiger partial charge in [-0.1, -0.05) is 30.3 Å². The third-order valence-corrected chi connectivity index (χ3v) is 5.10. The van der Waals surface area contributed by atoms with Crippen molar-refractivity contribution in [2.45, 2.75) is 32.2 Å². The van der Waals surface area contributed by atoms with Crippen molar-refractivity contribution in [3.63, 3.8) is 0 Å². The number of amides is 1. The van der Waals surface area contributed by atoms with Crippen molar-refractivity contribution in [2.75, 3.05) is 6.54 Å². The van der Waals surface area contributed by atoms with Crippen molar-refractivity contribution in [1.29, 1.82) is 0 Å². The molecule has 0 saturated heterocycles. The number of fused-ring (bicyclic) bond motifs is 1. The lowest BCUT2D eigenvalue weighted by Gasteiger charge is -2.27. The van der Waals surface area contributed by atoms with E-state index in [4.69, 9.17) is 0 Å². The number of hydrogen-bond donors (Lipinski definition) is 1. The van der Waals surface area contributed by atoms with E-state index in [2.05, 4.69) is 22.3 Å². The molecule has 4 nitrogen and oxygen atoms in total. The van der Waals surface area contributed by atoms with E-state index in [0.29, 0.717) is 19.5 Å². The molecule has 0 radical (unpaired) electrons. The molecule has 3 aromatic rings. The fourth-order valence-corrected chi connectivity index (χ4v) is 3.60. The highest BCUT2D eigenvalue weighted by Crippen LogP contribution is 2.28. The molecular formula is C22H22FN3O. The van der Waals surface area contributed by atoms with E-state index in [1.807, 2.05) is 23.1 Å². The van der Waals surface area contributed by atoms with Gasteiger partial charge in [0, 0.05) is 42.8 Å². The summed E-state index contributed by atoms with van der Waals surface area (Å²) in [6.45, 7) is 1.27. The molecule has 2 heterocycles. The van der Waals surface area contributed by atoms with E-state index >= 15 is 0 Å². The summed E-state index contributed by atoms with van der Waals surface area (Å²) >= 11 is 0. The number of carbonyl (C=O) groups is 1. The minimum atomic E-state index is -0.265. The van der Waals surface area contributed by atoms with E-state index in [9.17, 15) is 9.18 Å². The lowest BCUT2D eigenvalue weighted by molar-refractivity contribution is -0.132. The van der Waals surface area contributed by atoms with Gasteiger partial charge < -0.3 is 4.90 Å². The molecule has 4 rings (SSSR count). The standard InChI is InChI=1S/C22H22FN3O/c23-18-11-9-17(10-12-18)22-19-15-26(14-13-20(19)24-25-22)21(27)8-4-7-16-5-2-1-3-6-16/h1-3,5-6,9-12H,4,7-8,13-15H2,(H,24,25). The fraction of sp³-hybridized carbons (Fsp3) is 0.273. The maximum atomic E-state index is 13.2. The minimum Gasteiger partial charge on any atom is -0.338 e. The molecule has 1 aliphatic rings. The summed E-state index contributed by atoms with van der Waals surface area (Å²) in [5.41, 5.74) is 5.06. The smallest absolute Gasteiger partial charge is 0.222 e. The Morgan fingerprint density at radius 2 is 1.89 bits per heavy atom. The van der Waals surface area contributed by atoms with E-state index in [0.717, 1.165) is 41.8 Å². The molecule has 0 saturated carbocycles. The summed E-state index contributed by atoms with van der Waals surface area (Å²) in [5.74, 6) is -0.0822. The van der Waals surface area contributed by atoms with Gasteiger partial charge in [0.1, 0.15) is 5.82 Å². The molecule has 27 heavy (non-hydrogen) atoms. The van der Waals surface area contributed by atoms with Crippen molar-refractivity contribution in [1.82, 2.24) is 15.1 Å². The maximum absolute atomic E-state index is 13.2. The minimum absolute atomic E-state index is 0.183. The summed E-state index contributed by atoms with van der Waals surface area (Å²) < 4.78 is 13.2. The maximum Gasteiger partial charge on any atom is 0.222 e. The van der Waals surface area contributed by atoms with Crippen LogP contribution in [0.3, 0.4) is 0 Å². The zero-order valence-corrected chi connectivity index (χ0v) is 15.1. The zero-order valence-electron chi connectivity index (χ0n) is 15.1. The van der Waals surface area contributed by atoms with Crippen LogP contribution in [0.25, 0.3) is 11.3 Å². The number of benzene rings is 2. The molecule has 1 aliphatic heterocycles. The van der Waals surface area contributed by atoms with Crippen LogP contribution in [0.2, 0.25) is 0 Å². The van der Waals surface area contributed by atoms with Gasteiger partial charge in [0.25, 0.3) is 0 Å². The largest absolute Gasteiger partial charge is 0.338 e. The highest BCUT2D eigenvalue weighted by atomic mass is 19.1. The Hall–Kier alpha value is -2.95. The predicted octanol–water partition coefficient (Wildman–Crippen LogP) is 4.12. The van der Waals surface area contributed by atoms with Gasteiger partial charge in [-0.3, -0.25) is 9.89 Å². The Morgan fingerprint density at radius 3 is 2.67 bits per heavy atom. The van der Waals surface area contributed by atoms with Gasteiger partial charge in [0.2, 0.25) is 5.91 Å². The SMILES string of the molecule is O=C(CCCc1ccccc1)N1CCc2[nH]nc(-c3ccc(F)cc3)c2C1. The van der Waals surface area contributed by atoms with Crippen LogP contribution in [0, 0.1) is 5.82 Å². The first-order valence-corrected chi connectivity index (χ1v) is 9.34. The van der Waals surface area contributed by atoms with E-state index < -0.39 is 0 Å². The number of rotatable bonds is 5. The molecule has 0 spiro atoms. The van der Waals surface area contributed by atoms with E-state index in [1.54, 1.807) is 12.1 Å². The van der Waals surface area contributed by atoms with Crippen molar-refractivity contribution >= 4 is 5.91 Å². The number of hydrogen-bond acceptors (Lipinski definition) is 2. The van der Waals surface area contributed by atoms with Crippen molar-refractivity contribution < 1.29 is 9.18 Å². The average Bonchev–Trinajstić information content (AvgIpc) is 3.12. The van der Waals surface area contributed by atoms with Crippen LogP contribution in [0.15, 0.2) is 54.6 Å². The molecule has 0 bridgehead atoms. The molecule has 0 unspecified atom stereocenters. The third kappa shape index (κ3) is 3.92. The molecule has 1 N–H and O–H groups in total. The van der Waals surface area contributed by atoms with Gasteiger partial charge in [0.05, 0.1) is 5.69 Å². The lowest BCUT2D eigenvalue weighted by Crippen LogP contribution is -2.35. The highest BCUT2D eigenvalue weighted by Gasteiger charge is 2.25. The number of nitrogens with zero attached hydrogens (tertiary/aromatic N) is 2. The van der Waals surface area contributed by atoms with Crippen LogP contribution in [0.1, 0.15) is 29.7 Å². The van der Waals surface area contributed by atoms with E-state index in [-0.39, 0.29) is 11.7 Å². The molecule has 1 aromatic heterocycles. The van der Waals surface area contributed by atoms with Crippen LogP contribution in [0.4, 0.5) is 4.39 Å². The van der Waals surface area contributed by atoms with Crippen molar-refractivity contribution in [2.24, 2.45) is 0 Å². The Morgan fingerprint density at radius 1 is 1.11 bits per heavy atom. The van der Waals surface area contributed by atoms with Crippen molar-refractivity contribution in [3.05, 3.63) is 77.2 Å². The number of aryl methyl sites for hydroxylation is 1. The van der Waals surface area contributed by atoms with Gasteiger partial charge in [-0.05, 0) is 42.7 Å². The Kier molecular flexibility index (Phi) is 5.01. The number of aromatic nitrogens is 2. The quantitative estimate of drug-likeness (QED) is 0.741. The Labute approximate surface area is 158 Å². The third-order valence-electron chi connectivity index (χ3n) is 5.10. The molecule has 1 amide bonds. The first kappa shape index (κ1) is 17.5. The molecule has 0 atom stereocenters. The highest BCUT2D eigenvalue weighted by molar-refractivity contribution is 5.77. The van der Waals surface area contributed by atoms with Crippen LogP contribution in [-0.2, 0) is 24.2 Å². The number of halogens is 1. The van der Waals surface area contributed by atoms with Gasteiger partial charge in [-0.15, -0.1) is 0 Å². The number of H-pyrrole nitrogens is 1. The van der Waals surface area contributed by atoms with Crippen LogP contribution < -0.4 is 0 Å². The van der Waals surface area contributed by atoms with Crippen molar-refractivity contribution in [3.8, 4) is 11.3 Å². The number of nitrogens with one attached hydrogen (secondary N) is 1. The zero-order chi connectivity index (χ0) is 18.6. The van der Waals surface area contributed by atoms with Gasteiger partial charge in [-0.25, -0.2) is 4.39 Å². The first-order valence-electron chi connectivity index (χ1n) is 9.34. The average molecular weight is 363 g/mol. The molecule has 5 heteroatoms. The lowest BCUT2D eigenvalue weighted by atomic mass is 10.0. The summed E-state index contributed by atoms with van der Waals surface area (Å²) in [5, 5.41) is 7.49. The molecule has 138 valence electrons. The van der Waals surface area contributed by atoms with Gasteiger partial charge >= 0.3 is 0 Å². The number of carbonyl (C=O) groups excluding carboxylic acids is 1. The Bertz CT molecular complexity index is 918. The molecular weight excluding hydrogens is 341 g/mol. The second-order valence-corrected chi connectivity index (χ2v) is 6.94. The summed E-state index contributed by atoms with van der Waals surface area (Å²) in [6.07, 6.45) is 3.09. The van der Waals surface area contributed by atoms with Crippen LogP contribution >= 0.6 is 0 Å². The molecule has 0 fully saturated rings. The fourth-order valence-electron chi connectivity index (χ4n) is 3.60. The predicted molar refractivity (Wildman–Crippen MR) is 102 cm³/mol. The normalized spacial score (nSPS) is 13.4. The monoisotopic (exact) mass is 363 g/mol. The summed E-state index contributed by atoms with van der Waals surface area (Å²) in [7, 11) is 0. The molecule has 2 aromatic carbocycles. The van der Waals surface area contributed by atoms with E-state index in [1.165, 1.54) is 17.7 Å². The first-order chi connectivity index (χ1) is 13.2. The molecule has 0 aliphatic carbocycles. The summed E-state index contributed by atoms with van der Waals surface area (Å²) in [4.78, 5) is 14.6. The summed E-state index contributed by atoms with van der Waals surface area (Å²) in [6, 6.07) is 16.6. The number of aromatic amines is 1. The van der Waals surface area contributed by atoms with Crippen LogP contribution in [0.5, 0.6) is 0 Å². The second-order valence-electron chi connectivity index (χ2n) is 6.94. The van der Waals surface area contributed by atoms with Gasteiger partial charge in [-0.2, -0.15) is 5.10 Å². The topological polar surface area (TPSA) is 49.0 Å².